The molecule has 2 aromatic carbocycles. The second-order valence-electron chi connectivity index (χ2n) is 7.41. The Morgan fingerprint density at radius 1 is 1.25 bits per heavy atom. The highest BCUT2D eigenvalue weighted by atomic mass is 79.9. The van der Waals surface area contributed by atoms with Gasteiger partial charge in [-0.25, -0.2) is 12.8 Å². The molecule has 12 heteroatoms. The molecule has 2 aliphatic heterocycles. The number of hydrogen-bond acceptors (Lipinski definition) is 5. The van der Waals surface area contributed by atoms with Crippen molar-refractivity contribution in [3.63, 3.8) is 0 Å². The van der Waals surface area contributed by atoms with E-state index in [9.17, 15) is 22.4 Å². The molecule has 2 N–H and O–H groups in total. The number of amides is 2. The van der Waals surface area contributed by atoms with E-state index in [2.05, 4.69) is 26.6 Å². The fourth-order valence-corrected chi connectivity index (χ4v) is 5.92. The van der Waals surface area contributed by atoms with Gasteiger partial charge in [0.05, 0.1) is 16.4 Å². The number of anilines is 2. The maximum atomic E-state index is 14.0. The number of carbonyl (C=O) groups excluding carboxylic acids is 2. The third kappa shape index (κ3) is 4.61. The third-order valence-electron chi connectivity index (χ3n) is 5.30. The number of ether oxygens (including phenoxy) is 1. The second-order valence-corrected chi connectivity index (χ2v) is 10.6. The summed E-state index contributed by atoms with van der Waals surface area (Å²) in [6.07, 6.45) is 0.552. The molecule has 170 valence electrons. The van der Waals surface area contributed by atoms with Crippen molar-refractivity contribution in [1.82, 2.24) is 4.31 Å². The van der Waals surface area contributed by atoms with Crippen LogP contribution in [0.2, 0.25) is 5.02 Å². The highest BCUT2D eigenvalue weighted by Gasteiger charge is 2.34. The van der Waals surface area contributed by atoms with Crippen LogP contribution in [0, 0.1) is 11.7 Å². The third-order valence-corrected chi connectivity index (χ3v) is 8.16. The molecule has 0 atom stereocenters. The molecule has 0 radical (unpaired) electrons. The Kier molecular flexibility index (Phi) is 6.44. The van der Waals surface area contributed by atoms with Crippen LogP contribution in [0.25, 0.3) is 0 Å². The monoisotopic (exact) mass is 545 g/mol. The topological polar surface area (TPSA) is 105 Å². The first-order valence-electron chi connectivity index (χ1n) is 9.67. The summed E-state index contributed by atoms with van der Waals surface area (Å²) < 4.78 is 47.4. The van der Waals surface area contributed by atoms with Crippen LogP contribution < -0.4 is 15.4 Å². The van der Waals surface area contributed by atoms with Gasteiger partial charge >= 0.3 is 0 Å². The summed E-state index contributed by atoms with van der Waals surface area (Å²) in [7, 11) is -3.95. The van der Waals surface area contributed by atoms with Crippen LogP contribution in [-0.4, -0.2) is 44.2 Å². The van der Waals surface area contributed by atoms with Gasteiger partial charge in [-0.2, -0.15) is 4.31 Å². The van der Waals surface area contributed by atoms with Crippen molar-refractivity contribution in [1.29, 1.82) is 0 Å². The van der Waals surface area contributed by atoms with Crippen LogP contribution in [0.15, 0.2) is 39.7 Å². The number of benzene rings is 2. The molecule has 0 saturated carbocycles. The van der Waals surface area contributed by atoms with Crippen LogP contribution in [0.5, 0.6) is 5.75 Å². The molecule has 2 aliphatic rings. The lowest BCUT2D eigenvalue weighted by Gasteiger charge is -2.31. The molecule has 0 aromatic heterocycles. The molecule has 32 heavy (non-hydrogen) atoms. The summed E-state index contributed by atoms with van der Waals surface area (Å²) in [4.78, 5) is 23.9. The Labute approximate surface area is 197 Å². The Hall–Kier alpha value is -2.21. The van der Waals surface area contributed by atoms with E-state index in [0.29, 0.717) is 10.2 Å². The maximum absolute atomic E-state index is 14.0. The second kappa shape index (κ2) is 8.97. The van der Waals surface area contributed by atoms with Gasteiger partial charge in [-0.3, -0.25) is 9.59 Å². The average molecular weight is 547 g/mol. The van der Waals surface area contributed by atoms with Crippen LogP contribution in [0.1, 0.15) is 12.8 Å². The zero-order chi connectivity index (χ0) is 23.0. The minimum Gasteiger partial charge on any atom is -0.482 e. The summed E-state index contributed by atoms with van der Waals surface area (Å²) in [5.74, 6) is -1.51. The number of carbonyl (C=O) groups is 2. The van der Waals surface area contributed by atoms with Gasteiger partial charge in [-0.1, -0.05) is 27.5 Å². The number of hydrogen-bond donors (Lipinski definition) is 2. The van der Waals surface area contributed by atoms with Crippen LogP contribution in [0.4, 0.5) is 15.8 Å². The molecule has 2 amide bonds. The van der Waals surface area contributed by atoms with Crippen molar-refractivity contribution in [3.8, 4) is 5.75 Å². The molecular weight excluding hydrogens is 529 g/mol. The predicted molar refractivity (Wildman–Crippen MR) is 120 cm³/mol. The van der Waals surface area contributed by atoms with Crippen molar-refractivity contribution in [2.75, 3.05) is 30.3 Å². The van der Waals surface area contributed by atoms with E-state index in [1.54, 1.807) is 6.07 Å². The number of nitrogens with one attached hydrogen (secondary N) is 2. The molecular formula is C20H18BrClFN3O5S. The minimum absolute atomic E-state index is 0.0415. The highest BCUT2D eigenvalue weighted by Crippen LogP contribution is 2.37. The Bertz CT molecular complexity index is 1200. The van der Waals surface area contributed by atoms with Crippen LogP contribution in [0.3, 0.4) is 0 Å². The van der Waals surface area contributed by atoms with Gasteiger partial charge in [0.25, 0.3) is 5.91 Å². The van der Waals surface area contributed by atoms with E-state index in [-0.39, 0.29) is 65.7 Å². The van der Waals surface area contributed by atoms with E-state index in [1.807, 2.05) is 0 Å². The molecule has 1 saturated heterocycles. The summed E-state index contributed by atoms with van der Waals surface area (Å²) in [6, 6.07) is 6.96. The van der Waals surface area contributed by atoms with Crippen molar-refractivity contribution < 1.29 is 27.1 Å². The van der Waals surface area contributed by atoms with E-state index < -0.39 is 21.8 Å². The van der Waals surface area contributed by atoms with Gasteiger partial charge in [0.15, 0.2) is 6.61 Å². The summed E-state index contributed by atoms with van der Waals surface area (Å²) in [5.41, 5.74) is 0.377. The standard InChI is InChI=1S/C20H18BrClFN3O5S/c21-12-1-2-15(14(23)7-12)25-20(28)11-3-5-26(6-4-11)32(29,30)18-9-17-16(8-13(18)22)24-19(27)10-31-17/h1-2,7-9,11H,3-6,10H2,(H,24,27)(H,25,28). The number of rotatable bonds is 4. The van der Waals surface area contributed by atoms with E-state index >= 15 is 0 Å². The molecule has 0 aliphatic carbocycles. The van der Waals surface area contributed by atoms with Crippen molar-refractivity contribution in [3.05, 3.63) is 45.6 Å². The van der Waals surface area contributed by atoms with Gasteiger partial charge < -0.3 is 15.4 Å². The Morgan fingerprint density at radius 3 is 2.66 bits per heavy atom. The molecule has 4 rings (SSSR count). The first kappa shape index (κ1) is 23.0. The molecule has 0 unspecified atom stereocenters. The van der Waals surface area contributed by atoms with Gasteiger partial charge in [-0.05, 0) is 37.1 Å². The molecule has 0 spiro atoms. The summed E-state index contributed by atoms with van der Waals surface area (Å²) >= 11 is 9.35. The van der Waals surface area contributed by atoms with E-state index in [0.717, 1.165) is 0 Å². The zero-order valence-electron chi connectivity index (χ0n) is 16.5. The van der Waals surface area contributed by atoms with E-state index in [1.165, 1.54) is 28.6 Å². The van der Waals surface area contributed by atoms with Crippen LogP contribution >= 0.6 is 27.5 Å². The first-order valence-corrected chi connectivity index (χ1v) is 12.3. The highest BCUT2D eigenvalue weighted by molar-refractivity contribution is 9.10. The van der Waals surface area contributed by atoms with Crippen molar-refractivity contribution in [2.45, 2.75) is 17.7 Å². The van der Waals surface area contributed by atoms with Gasteiger partial charge in [0.1, 0.15) is 16.5 Å². The van der Waals surface area contributed by atoms with Gasteiger partial charge in [0.2, 0.25) is 15.9 Å². The fourth-order valence-electron chi connectivity index (χ4n) is 3.60. The molecule has 8 nitrogen and oxygen atoms in total. The van der Waals surface area contributed by atoms with Gasteiger partial charge in [0, 0.05) is 29.5 Å². The normalized spacial score (nSPS) is 17.3. The summed E-state index contributed by atoms with van der Waals surface area (Å²) in [6.45, 7) is -0.00389. The SMILES string of the molecule is O=C1COc2cc(S(=O)(=O)N3CCC(C(=O)Nc4ccc(Br)cc4F)CC3)c(Cl)cc2N1. The number of sulfonamides is 1. The first-order chi connectivity index (χ1) is 15.1. The molecule has 2 aromatic rings. The smallest absolute Gasteiger partial charge is 0.262 e. The summed E-state index contributed by atoms with van der Waals surface area (Å²) in [5, 5.41) is 5.10. The lowest BCUT2D eigenvalue weighted by molar-refractivity contribution is -0.121. The number of nitrogens with zero attached hydrogens (tertiary/aromatic N) is 1. The Balaban J connectivity index is 1.44. The average Bonchev–Trinajstić information content (AvgIpc) is 2.75. The lowest BCUT2D eigenvalue weighted by atomic mass is 9.97. The number of piperidine rings is 1. The minimum atomic E-state index is -3.95. The van der Waals surface area contributed by atoms with Crippen LogP contribution in [-0.2, 0) is 19.6 Å². The van der Waals surface area contributed by atoms with Crippen molar-refractivity contribution in [2.24, 2.45) is 5.92 Å². The van der Waals surface area contributed by atoms with Crippen molar-refractivity contribution >= 4 is 60.7 Å². The maximum Gasteiger partial charge on any atom is 0.262 e. The Morgan fingerprint density at radius 2 is 1.97 bits per heavy atom. The largest absolute Gasteiger partial charge is 0.482 e. The lowest BCUT2D eigenvalue weighted by Crippen LogP contribution is -2.41. The number of halogens is 3. The molecule has 1 fully saturated rings. The van der Waals surface area contributed by atoms with E-state index in [4.69, 9.17) is 16.3 Å². The van der Waals surface area contributed by atoms with Gasteiger partial charge in [-0.15, -0.1) is 0 Å². The number of fused-ring (bicyclic) bond motifs is 1. The zero-order valence-corrected chi connectivity index (χ0v) is 19.7. The quantitative estimate of drug-likeness (QED) is 0.610. The molecule has 2 heterocycles. The fraction of sp³-hybridized carbons (Fsp3) is 0.300. The molecule has 0 bridgehead atoms. The predicted octanol–water partition coefficient (Wildman–Crippen LogP) is 3.61.